The minimum atomic E-state index is 0.757. The molecule has 0 aromatic carbocycles. The van der Waals surface area contributed by atoms with Crippen molar-refractivity contribution in [2.45, 2.75) is 13.8 Å². The van der Waals surface area contributed by atoms with Gasteiger partial charge in [-0.1, -0.05) is 0 Å². The molecule has 3 heteroatoms. The van der Waals surface area contributed by atoms with Gasteiger partial charge in [0, 0.05) is 22.5 Å². The minimum Gasteiger partial charge on any atom is -0.372 e. The summed E-state index contributed by atoms with van der Waals surface area (Å²) in [6.45, 7) is 5.63. The Bertz CT molecular complexity index is 227. The number of allylic oxidation sites excluding steroid dienone is 2. The highest BCUT2D eigenvalue weighted by Gasteiger charge is 2.22. The van der Waals surface area contributed by atoms with Gasteiger partial charge in [-0.3, -0.25) is 0 Å². The van der Waals surface area contributed by atoms with E-state index in [0.29, 0.717) is 0 Å². The molecule has 0 bridgehead atoms. The van der Waals surface area contributed by atoms with Crippen LogP contribution in [0.15, 0.2) is 22.5 Å². The fourth-order valence-electron chi connectivity index (χ4n) is 1.44. The summed E-state index contributed by atoms with van der Waals surface area (Å²) in [4.78, 5) is 0. The summed E-state index contributed by atoms with van der Waals surface area (Å²) < 4.78 is 5.34. The lowest BCUT2D eigenvalue weighted by molar-refractivity contribution is 0.214. The first kappa shape index (κ1) is 6.73. The van der Waals surface area contributed by atoms with Crippen LogP contribution in [0.5, 0.6) is 0 Å². The zero-order chi connectivity index (χ0) is 7.84. The molecule has 0 saturated carbocycles. The van der Waals surface area contributed by atoms with Crippen LogP contribution in [0.4, 0.5) is 0 Å². The van der Waals surface area contributed by atoms with E-state index in [0.717, 1.165) is 13.2 Å². The Kier molecular flexibility index (Phi) is 1.39. The highest BCUT2D eigenvalue weighted by atomic mass is 16.5. The van der Waals surface area contributed by atoms with Gasteiger partial charge in [0.2, 0.25) is 0 Å². The van der Waals surface area contributed by atoms with Crippen LogP contribution in [-0.4, -0.2) is 13.2 Å². The van der Waals surface area contributed by atoms with Gasteiger partial charge in [-0.2, -0.15) is 0 Å². The van der Waals surface area contributed by atoms with Gasteiger partial charge in [-0.05, 0) is 13.8 Å². The molecule has 2 aliphatic rings. The first-order chi connectivity index (χ1) is 5.29. The average Bonchev–Trinajstić information content (AvgIpc) is 2.45. The van der Waals surface area contributed by atoms with E-state index in [-0.39, 0.29) is 0 Å². The maximum absolute atomic E-state index is 5.34. The first-order valence-electron chi connectivity index (χ1n) is 3.78. The number of hydrogen-bond acceptors (Lipinski definition) is 3. The van der Waals surface area contributed by atoms with Gasteiger partial charge in [0.1, 0.15) is 0 Å². The van der Waals surface area contributed by atoms with Crippen molar-refractivity contribution in [2.24, 2.45) is 0 Å². The largest absolute Gasteiger partial charge is 0.372 e. The van der Waals surface area contributed by atoms with Gasteiger partial charge < -0.3 is 15.6 Å². The van der Waals surface area contributed by atoms with Crippen LogP contribution >= 0.6 is 0 Å². The third-order valence-corrected chi connectivity index (χ3v) is 2.20. The predicted octanol–water partition coefficient (Wildman–Crippen LogP) is 0.672. The molecule has 0 spiro atoms. The van der Waals surface area contributed by atoms with E-state index in [4.69, 9.17) is 4.74 Å². The average molecular weight is 152 g/mol. The number of rotatable bonds is 0. The summed E-state index contributed by atoms with van der Waals surface area (Å²) >= 11 is 0. The molecule has 0 aromatic rings. The fourth-order valence-corrected chi connectivity index (χ4v) is 1.44. The molecule has 0 aliphatic carbocycles. The van der Waals surface area contributed by atoms with Gasteiger partial charge in [-0.15, -0.1) is 0 Å². The van der Waals surface area contributed by atoms with Crippen molar-refractivity contribution in [2.75, 3.05) is 13.2 Å². The Morgan fingerprint density at radius 2 is 1.45 bits per heavy atom. The molecule has 11 heavy (non-hydrogen) atoms. The summed E-state index contributed by atoms with van der Waals surface area (Å²) in [5.41, 5.74) is 11.2. The maximum Gasteiger partial charge on any atom is 0.0743 e. The molecule has 2 aliphatic heterocycles. The van der Waals surface area contributed by atoms with Crippen LogP contribution in [0, 0.1) is 0 Å². The van der Waals surface area contributed by atoms with E-state index in [9.17, 15) is 0 Å². The monoisotopic (exact) mass is 152 g/mol. The first-order valence-corrected chi connectivity index (χ1v) is 3.78. The Labute approximate surface area is 66.1 Å². The summed E-state index contributed by atoms with van der Waals surface area (Å²) in [6, 6.07) is 0. The molecule has 0 aromatic heterocycles. The molecule has 2 heterocycles. The molecule has 0 amide bonds. The molecular weight excluding hydrogens is 140 g/mol. The molecule has 2 rings (SSSR count). The Morgan fingerprint density at radius 1 is 1.00 bits per heavy atom. The quantitative estimate of drug-likeness (QED) is 0.535. The number of nitrogens with one attached hydrogen (secondary N) is 2. The van der Waals surface area contributed by atoms with Gasteiger partial charge in [0.05, 0.1) is 13.2 Å². The smallest absolute Gasteiger partial charge is 0.0743 e. The zero-order valence-electron chi connectivity index (χ0n) is 6.82. The molecule has 0 atom stereocenters. The highest BCUT2D eigenvalue weighted by Crippen LogP contribution is 2.25. The van der Waals surface area contributed by atoms with Crippen molar-refractivity contribution in [3.05, 3.63) is 22.5 Å². The molecule has 1 fully saturated rings. The van der Waals surface area contributed by atoms with E-state index in [1.807, 2.05) is 0 Å². The second-order valence-corrected chi connectivity index (χ2v) is 2.95. The lowest BCUT2D eigenvalue weighted by atomic mass is 10.1. The van der Waals surface area contributed by atoms with E-state index in [1.54, 1.807) is 0 Å². The summed E-state index contributed by atoms with van der Waals surface area (Å²) in [7, 11) is 0. The molecular formula is C8H12N2O. The van der Waals surface area contributed by atoms with E-state index in [1.165, 1.54) is 22.5 Å². The third kappa shape index (κ3) is 0.922. The second kappa shape index (κ2) is 2.27. The summed E-state index contributed by atoms with van der Waals surface area (Å²) in [6.07, 6.45) is 0. The fraction of sp³-hybridized carbons (Fsp3) is 0.500. The highest BCUT2D eigenvalue weighted by molar-refractivity contribution is 5.42. The number of hydrogen-bond donors (Lipinski definition) is 2. The van der Waals surface area contributed by atoms with Crippen LogP contribution in [0.2, 0.25) is 0 Å². The van der Waals surface area contributed by atoms with Crippen LogP contribution in [-0.2, 0) is 4.74 Å². The molecule has 0 radical (unpaired) electrons. The minimum absolute atomic E-state index is 0.757. The number of ether oxygens (including phenoxy) is 1. The van der Waals surface area contributed by atoms with Crippen LogP contribution in [0.1, 0.15) is 13.8 Å². The predicted molar refractivity (Wildman–Crippen MR) is 42.5 cm³/mol. The molecule has 0 unspecified atom stereocenters. The van der Waals surface area contributed by atoms with Gasteiger partial charge >= 0.3 is 0 Å². The topological polar surface area (TPSA) is 33.3 Å². The van der Waals surface area contributed by atoms with Crippen molar-refractivity contribution >= 4 is 0 Å². The molecule has 2 N–H and O–H groups in total. The van der Waals surface area contributed by atoms with E-state index in [2.05, 4.69) is 24.7 Å². The Balaban J connectivity index is 2.45. The van der Waals surface area contributed by atoms with Crippen molar-refractivity contribution in [3.63, 3.8) is 0 Å². The van der Waals surface area contributed by atoms with E-state index >= 15 is 0 Å². The van der Waals surface area contributed by atoms with Crippen molar-refractivity contribution in [1.82, 2.24) is 10.9 Å². The molecule has 3 nitrogen and oxygen atoms in total. The lowest BCUT2D eigenvalue weighted by Gasteiger charge is -2.20. The van der Waals surface area contributed by atoms with Crippen molar-refractivity contribution in [3.8, 4) is 0 Å². The lowest BCUT2D eigenvalue weighted by Crippen LogP contribution is -2.33. The Morgan fingerprint density at radius 3 is 1.91 bits per heavy atom. The van der Waals surface area contributed by atoms with E-state index < -0.39 is 0 Å². The standard InChI is InChI=1S/C8H12N2O/c1-5-7-3-11-4-8(7)6(2)10-9-5/h9-10H,3-4H2,1-2H3. The molecule has 1 saturated heterocycles. The number of fused-ring (bicyclic) bond motifs is 1. The van der Waals surface area contributed by atoms with Crippen LogP contribution in [0.25, 0.3) is 0 Å². The molecule has 60 valence electrons. The van der Waals surface area contributed by atoms with Crippen LogP contribution < -0.4 is 10.9 Å². The zero-order valence-corrected chi connectivity index (χ0v) is 6.82. The normalized spacial score (nSPS) is 23.1. The SMILES string of the molecule is CC1=C2COCC2=C(C)NN1. The maximum atomic E-state index is 5.34. The number of hydrazine groups is 1. The van der Waals surface area contributed by atoms with Gasteiger partial charge in [0.25, 0.3) is 0 Å². The Hall–Kier alpha value is -0.960. The van der Waals surface area contributed by atoms with Gasteiger partial charge in [-0.25, -0.2) is 0 Å². The van der Waals surface area contributed by atoms with Crippen LogP contribution in [0.3, 0.4) is 0 Å². The van der Waals surface area contributed by atoms with Crippen molar-refractivity contribution < 1.29 is 4.74 Å². The third-order valence-electron chi connectivity index (χ3n) is 2.20. The van der Waals surface area contributed by atoms with Crippen molar-refractivity contribution in [1.29, 1.82) is 0 Å². The summed E-state index contributed by atoms with van der Waals surface area (Å²) in [5.74, 6) is 0. The second-order valence-electron chi connectivity index (χ2n) is 2.95. The summed E-state index contributed by atoms with van der Waals surface area (Å²) in [5, 5.41) is 0. The van der Waals surface area contributed by atoms with Gasteiger partial charge in [0.15, 0.2) is 0 Å².